The SMILES string of the molecule is CCCNc1cc(COC)nc(-c2ccc(C)cn2)n1. The molecular formula is C15H20N4O. The molecule has 0 atom stereocenters. The zero-order valence-corrected chi connectivity index (χ0v) is 12.2. The highest BCUT2D eigenvalue weighted by Gasteiger charge is 2.08. The summed E-state index contributed by atoms with van der Waals surface area (Å²) in [5, 5.41) is 3.28. The number of hydrogen-bond donors (Lipinski definition) is 1. The van der Waals surface area contributed by atoms with Crippen molar-refractivity contribution in [1.82, 2.24) is 15.0 Å². The van der Waals surface area contributed by atoms with Gasteiger partial charge in [-0.2, -0.15) is 0 Å². The number of nitrogens with zero attached hydrogens (tertiary/aromatic N) is 3. The lowest BCUT2D eigenvalue weighted by Crippen LogP contribution is -2.06. The molecule has 5 heteroatoms. The lowest BCUT2D eigenvalue weighted by molar-refractivity contribution is 0.181. The maximum atomic E-state index is 5.16. The van der Waals surface area contributed by atoms with E-state index in [2.05, 4.69) is 27.2 Å². The second-order valence-corrected chi connectivity index (χ2v) is 4.65. The Morgan fingerprint density at radius 3 is 2.75 bits per heavy atom. The number of aryl methyl sites for hydroxylation is 1. The van der Waals surface area contributed by atoms with Crippen molar-refractivity contribution >= 4 is 5.82 Å². The van der Waals surface area contributed by atoms with Crippen molar-refractivity contribution in [2.24, 2.45) is 0 Å². The second-order valence-electron chi connectivity index (χ2n) is 4.65. The van der Waals surface area contributed by atoms with Crippen molar-refractivity contribution in [3.8, 4) is 11.5 Å². The normalized spacial score (nSPS) is 10.6. The summed E-state index contributed by atoms with van der Waals surface area (Å²) in [4.78, 5) is 13.4. The van der Waals surface area contributed by atoms with Gasteiger partial charge in [0.2, 0.25) is 0 Å². The lowest BCUT2D eigenvalue weighted by Gasteiger charge is -2.09. The molecule has 20 heavy (non-hydrogen) atoms. The predicted molar refractivity (Wildman–Crippen MR) is 79.5 cm³/mol. The van der Waals surface area contributed by atoms with E-state index < -0.39 is 0 Å². The van der Waals surface area contributed by atoms with Gasteiger partial charge in [-0.05, 0) is 25.0 Å². The first-order chi connectivity index (χ1) is 9.72. The van der Waals surface area contributed by atoms with Crippen molar-refractivity contribution < 1.29 is 4.74 Å². The Morgan fingerprint density at radius 1 is 1.25 bits per heavy atom. The van der Waals surface area contributed by atoms with Gasteiger partial charge >= 0.3 is 0 Å². The number of anilines is 1. The summed E-state index contributed by atoms with van der Waals surface area (Å²) in [5.41, 5.74) is 2.73. The third kappa shape index (κ3) is 3.74. The van der Waals surface area contributed by atoms with Gasteiger partial charge in [-0.1, -0.05) is 13.0 Å². The number of hydrogen-bond acceptors (Lipinski definition) is 5. The van der Waals surface area contributed by atoms with Gasteiger partial charge in [0.1, 0.15) is 11.5 Å². The Hall–Kier alpha value is -2.01. The molecule has 0 saturated carbocycles. The molecule has 2 aromatic heterocycles. The van der Waals surface area contributed by atoms with Crippen LogP contribution in [0.15, 0.2) is 24.4 Å². The monoisotopic (exact) mass is 272 g/mol. The van der Waals surface area contributed by atoms with Crippen LogP contribution in [0.5, 0.6) is 0 Å². The summed E-state index contributed by atoms with van der Waals surface area (Å²) < 4.78 is 5.16. The third-order valence-corrected chi connectivity index (χ3v) is 2.77. The molecule has 0 unspecified atom stereocenters. The molecule has 0 amide bonds. The summed E-state index contributed by atoms with van der Waals surface area (Å²) >= 11 is 0. The fourth-order valence-corrected chi connectivity index (χ4v) is 1.78. The van der Waals surface area contributed by atoms with Crippen molar-refractivity contribution in [2.75, 3.05) is 19.0 Å². The minimum atomic E-state index is 0.461. The summed E-state index contributed by atoms with van der Waals surface area (Å²) in [6.45, 7) is 5.46. The van der Waals surface area contributed by atoms with Crippen LogP contribution in [0, 0.1) is 6.92 Å². The van der Waals surface area contributed by atoms with Crippen LogP contribution in [0.4, 0.5) is 5.82 Å². The van der Waals surface area contributed by atoms with Gasteiger partial charge in [-0.3, -0.25) is 4.98 Å². The van der Waals surface area contributed by atoms with Crippen molar-refractivity contribution in [3.05, 3.63) is 35.7 Å². The second kappa shape index (κ2) is 6.96. The maximum absolute atomic E-state index is 5.16. The fraction of sp³-hybridized carbons (Fsp3) is 0.400. The van der Waals surface area contributed by atoms with E-state index in [1.165, 1.54) is 0 Å². The molecule has 0 spiro atoms. The molecule has 2 rings (SSSR count). The van der Waals surface area contributed by atoms with E-state index in [-0.39, 0.29) is 0 Å². The molecule has 1 N–H and O–H groups in total. The third-order valence-electron chi connectivity index (χ3n) is 2.77. The van der Waals surface area contributed by atoms with Crippen LogP contribution < -0.4 is 5.32 Å². The zero-order chi connectivity index (χ0) is 14.4. The maximum Gasteiger partial charge on any atom is 0.180 e. The number of methoxy groups -OCH3 is 1. The largest absolute Gasteiger partial charge is 0.378 e. The zero-order valence-electron chi connectivity index (χ0n) is 12.2. The van der Waals surface area contributed by atoms with E-state index in [1.807, 2.05) is 31.3 Å². The topological polar surface area (TPSA) is 59.9 Å². The summed E-state index contributed by atoms with van der Waals surface area (Å²) in [6.07, 6.45) is 2.86. The molecule has 0 aliphatic heterocycles. The van der Waals surface area contributed by atoms with E-state index >= 15 is 0 Å². The molecule has 0 radical (unpaired) electrons. The fourth-order valence-electron chi connectivity index (χ4n) is 1.78. The molecular weight excluding hydrogens is 252 g/mol. The highest BCUT2D eigenvalue weighted by Crippen LogP contribution is 2.17. The first-order valence-corrected chi connectivity index (χ1v) is 6.76. The van der Waals surface area contributed by atoms with E-state index in [1.54, 1.807) is 7.11 Å². The van der Waals surface area contributed by atoms with E-state index in [0.717, 1.165) is 35.7 Å². The average molecular weight is 272 g/mol. The minimum Gasteiger partial charge on any atom is -0.378 e. The van der Waals surface area contributed by atoms with E-state index in [9.17, 15) is 0 Å². The van der Waals surface area contributed by atoms with Crippen molar-refractivity contribution in [2.45, 2.75) is 26.9 Å². The lowest BCUT2D eigenvalue weighted by atomic mass is 10.2. The predicted octanol–water partition coefficient (Wildman–Crippen LogP) is 2.82. The van der Waals surface area contributed by atoms with Gasteiger partial charge in [0, 0.05) is 25.9 Å². The average Bonchev–Trinajstić information content (AvgIpc) is 2.46. The first kappa shape index (κ1) is 14.4. The Balaban J connectivity index is 2.34. The quantitative estimate of drug-likeness (QED) is 0.876. The molecule has 0 aliphatic carbocycles. The number of rotatable bonds is 6. The summed E-state index contributed by atoms with van der Waals surface area (Å²) in [5.74, 6) is 1.43. The Kier molecular flexibility index (Phi) is 5.01. The highest BCUT2D eigenvalue weighted by molar-refractivity contribution is 5.53. The van der Waals surface area contributed by atoms with Crippen LogP contribution >= 0.6 is 0 Å². The van der Waals surface area contributed by atoms with Crippen molar-refractivity contribution in [1.29, 1.82) is 0 Å². The van der Waals surface area contributed by atoms with Gasteiger partial charge in [-0.15, -0.1) is 0 Å². The van der Waals surface area contributed by atoms with E-state index in [4.69, 9.17) is 4.74 Å². The number of aromatic nitrogens is 3. The molecule has 0 bridgehead atoms. The van der Waals surface area contributed by atoms with Crippen LogP contribution in [0.1, 0.15) is 24.6 Å². The van der Waals surface area contributed by atoms with Gasteiger partial charge < -0.3 is 10.1 Å². The van der Waals surface area contributed by atoms with Crippen LogP contribution in [0.3, 0.4) is 0 Å². The molecule has 2 heterocycles. The molecule has 0 saturated heterocycles. The first-order valence-electron chi connectivity index (χ1n) is 6.76. The number of nitrogens with one attached hydrogen (secondary N) is 1. The standard InChI is InChI=1S/C15H20N4O/c1-4-7-16-14-8-12(10-20-3)18-15(19-14)13-6-5-11(2)9-17-13/h5-6,8-9H,4,7,10H2,1-3H3,(H,16,18,19). The Morgan fingerprint density at radius 2 is 2.10 bits per heavy atom. The number of ether oxygens (including phenoxy) is 1. The smallest absolute Gasteiger partial charge is 0.180 e. The molecule has 2 aromatic rings. The Bertz CT molecular complexity index is 554. The molecule has 5 nitrogen and oxygen atoms in total. The minimum absolute atomic E-state index is 0.461. The molecule has 0 aromatic carbocycles. The Labute approximate surface area is 119 Å². The van der Waals surface area contributed by atoms with Crippen LogP contribution in [-0.4, -0.2) is 28.6 Å². The molecule has 0 aliphatic rings. The summed E-state index contributed by atoms with van der Waals surface area (Å²) in [7, 11) is 1.66. The molecule has 0 fully saturated rings. The van der Waals surface area contributed by atoms with Gasteiger partial charge in [0.05, 0.1) is 12.3 Å². The van der Waals surface area contributed by atoms with Gasteiger partial charge in [0.25, 0.3) is 0 Å². The van der Waals surface area contributed by atoms with Crippen LogP contribution in [0.25, 0.3) is 11.5 Å². The number of pyridine rings is 1. The van der Waals surface area contributed by atoms with E-state index in [0.29, 0.717) is 12.4 Å². The summed E-state index contributed by atoms with van der Waals surface area (Å²) in [6, 6.07) is 5.86. The molecule has 106 valence electrons. The van der Waals surface area contributed by atoms with Gasteiger partial charge in [-0.25, -0.2) is 9.97 Å². The van der Waals surface area contributed by atoms with Gasteiger partial charge in [0.15, 0.2) is 5.82 Å². The van der Waals surface area contributed by atoms with Crippen molar-refractivity contribution in [3.63, 3.8) is 0 Å². The van der Waals surface area contributed by atoms with Crippen LogP contribution in [0.2, 0.25) is 0 Å². The highest BCUT2D eigenvalue weighted by atomic mass is 16.5. The van der Waals surface area contributed by atoms with Crippen LogP contribution in [-0.2, 0) is 11.3 Å².